The molecule has 0 fully saturated rings. The van der Waals surface area contributed by atoms with Gasteiger partial charge in [-0.05, 0) is 28.7 Å². The quantitative estimate of drug-likeness (QED) is 0.0881. The molecule has 6 aromatic rings. The van der Waals surface area contributed by atoms with E-state index in [9.17, 15) is 0 Å². The van der Waals surface area contributed by atoms with Crippen molar-refractivity contribution in [2.45, 2.75) is 45.6 Å². The summed E-state index contributed by atoms with van der Waals surface area (Å²) in [7, 11) is 4.62. The van der Waals surface area contributed by atoms with Gasteiger partial charge in [-0.15, -0.1) is 29.3 Å². The molecule has 0 aliphatic heterocycles. The van der Waals surface area contributed by atoms with Crippen LogP contribution in [0.5, 0.6) is 0 Å². The topological polar surface area (TPSA) is 18.0 Å². The first-order chi connectivity index (χ1) is 19.9. The fourth-order valence-electron chi connectivity index (χ4n) is 5.96. The number of fused-ring (bicyclic) bond motifs is 2. The summed E-state index contributed by atoms with van der Waals surface area (Å²) in [6.07, 6.45) is 0. The Hall–Kier alpha value is -3.69. The maximum absolute atomic E-state index is 5.68. The monoisotopic (exact) mass is 742 g/mol. The summed E-state index contributed by atoms with van der Waals surface area (Å²) in [5, 5.41) is 10.4. The number of rotatable bonds is 7. The molecule has 220 valence electrons. The van der Waals surface area contributed by atoms with Gasteiger partial charge in [0, 0.05) is 7.05 Å². The average Bonchev–Trinajstić information content (AvgIpc) is 2.99. The van der Waals surface area contributed by atoms with Crippen LogP contribution >= 0.6 is 0 Å². The summed E-state index contributed by atoms with van der Waals surface area (Å²) in [6.45, 7) is 9.02. The van der Waals surface area contributed by atoms with Gasteiger partial charge in [-0.25, -0.2) is 0 Å². The van der Waals surface area contributed by atoms with Crippen molar-refractivity contribution in [3.05, 3.63) is 171 Å². The van der Waals surface area contributed by atoms with E-state index < -0.39 is 0 Å². The normalized spacial score (nSPS) is 11.5. The first-order valence-corrected chi connectivity index (χ1v) is 14.5. The predicted molar refractivity (Wildman–Crippen MR) is 185 cm³/mol. The van der Waals surface area contributed by atoms with Gasteiger partial charge in [-0.2, -0.15) is 0 Å². The van der Waals surface area contributed by atoms with Gasteiger partial charge in [-0.1, -0.05) is 158 Å². The van der Waals surface area contributed by atoms with E-state index >= 15 is 0 Å². The number of nitrogens with zero attached hydrogens (tertiary/aromatic N) is 2. The minimum atomic E-state index is -0.258. The first kappa shape index (κ1) is 34.8. The van der Waals surface area contributed by atoms with E-state index in [1.807, 2.05) is 6.07 Å². The zero-order chi connectivity index (χ0) is 28.5. The fraction of sp³-hybridized carbons (Fsp3) is 0.171. The van der Waals surface area contributed by atoms with Gasteiger partial charge in [0.05, 0.1) is 5.69 Å². The number of hydrogen-bond donors (Lipinski definition) is 0. The Labute approximate surface area is 284 Å². The number of pyridine rings is 1. The second-order valence-corrected chi connectivity index (χ2v) is 11.4. The number of aromatic nitrogens is 1. The van der Waals surface area contributed by atoms with Crippen LogP contribution in [0.4, 0.5) is 5.69 Å². The van der Waals surface area contributed by atoms with Gasteiger partial charge >= 0.3 is 25.8 Å². The Morgan fingerprint density at radius 3 is 1.80 bits per heavy atom. The van der Waals surface area contributed by atoms with Gasteiger partial charge < -0.3 is 24.7 Å². The smallest absolute Gasteiger partial charge is 0.679 e. The van der Waals surface area contributed by atoms with Crippen LogP contribution in [-0.4, -0.2) is 0 Å². The molecule has 1 unspecified atom stereocenters. The minimum Gasteiger partial charge on any atom is -0.679 e. The fourth-order valence-corrected chi connectivity index (χ4v) is 5.96. The van der Waals surface area contributed by atoms with Crippen molar-refractivity contribution in [2.24, 2.45) is 0 Å². The molecule has 0 amide bonds. The SMILES string of the molecule is [CH2-][n+]1c(-c2[c-]ccc3ccccc23)cccc1C([N-]c1c(C(C)C)cccc1C(C)C)c1cccc2ccccc12.[CH3-].[CH3-].[Hf+4]. The van der Waals surface area contributed by atoms with E-state index in [0.717, 1.165) is 28.0 Å². The Morgan fingerprint density at radius 1 is 0.614 bits per heavy atom. The van der Waals surface area contributed by atoms with Crippen LogP contribution in [0.25, 0.3) is 38.1 Å². The summed E-state index contributed by atoms with van der Waals surface area (Å²) >= 11 is 0. The second kappa shape index (κ2) is 14.9. The maximum atomic E-state index is 5.68. The van der Waals surface area contributed by atoms with Crippen molar-refractivity contribution in [1.29, 1.82) is 0 Å². The summed E-state index contributed by atoms with van der Waals surface area (Å²) in [5.41, 5.74) is 7.91. The van der Waals surface area contributed by atoms with Crippen molar-refractivity contribution < 1.29 is 30.4 Å². The molecule has 44 heavy (non-hydrogen) atoms. The summed E-state index contributed by atoms with van der Waals surface area (Å²) in [5.74, 6) is 0.702. The predicted octanol–water partition coefficient (Wildman–Crippen LogP) is 11.3. The van der Waals surface area contributed by atoms with Crippen LogP contribution in [0, 0.1) is 28.0 Å². The minimum absolute atomic E-state index is 0. The van der Waals surface area contributed by atoms with Gasteiger partial charge in [0.15, 0.2) is 0 Å². The Balaban J connectivity index is 0.00000176. The van der Waals surface area contributed by atoms with Crippen LogP contribution in [0.1, 0.15) is 68.0 Å². The third kappa shape index (κ3) is 6.54. The summed E-state index contributed by atoms with van der Waals surface area (Å²) in [6, 6.07) is 44.1. The molecule has 2 nitrogen and oxygen atoms in total. The number of para-hydroxylation sites is 1. The van der Waals surface area contributed by atoms with Crippen LogP contribution in [0.15, 0.2) is 115 Å². The Morgan fingerprint density at radius 2 is 1.14 bits per heavy atom. The van der Waals surface area contributed by atoms with E-state index in [2.05, 4.69) is 155 Å². The number of hydrogen-bond acceptors (Lipinski definition) is 0. The van der Waals surface area contributed by atoms with Crippen molar-refractivity contribution >= 4 is 27.2 Å². The molecule has 6 rings (SSSR count). The van der Waals surface area contributed by atoms with Gasteiger partial charge in [0.1, 0.15) is 5.69 Å². The van der Waals surface area contributed by atoms with Crippen LogP contribution in [-0.2, 0) is 25.8 Å². The molecule has 0 aliphatic rings. The van der Waals surface area contributed by atoms with Gasteiger partial charge in [0.25, 0.3) is 0 Å². The van der Waals surface area contributed by atoms with E-state index in [4.69, 9.17) is 5.32 Å². The molecule has 1 atom stereocenters. The first-order valence-electron chi connectivity index (χ1n) is 14.5. The second-order valence-electron chi connectivity index (χ2n) is 11.4. The van der Waals surface area contributed by atoms with Crippen molar-refractivity contribution in [1.82, 2.24) is 0 Å². The van der Waals surface area contributed by atoms with E-state index in [1.54, 1.807) is 0 Å². The summed E-state index contributed by atoms with van der Waals surface area (Å²) < 4.78 is 2.07. The Kier molecular flexibility index (Phi) is 11.8. The molecule has 1 heterocycles. The Bertz CT molecular complexity index is 1820. The molecule has 0 aliphatic carbocycles. The zero-order valence-corrected chi connectivity index (χ0v) is 30.4. The van der Waals surface area contributed by atoms with Crippen LogP contribution in [0.3, 0.4) is 0 Å². The molecule has 5 aromatic carbocycles. The molecule has 0 radical (unpaired) electrons. The molecule has 3 heteroatoms. The zero-order valence-electron chi connectivity index (χ0n) is 26.8. The summed E-state index contributed by atoms with van der Waals surface area (Å²) in [4.78, 5) is 0. The third-order valence-corrected chi connectivity index (χ3v) is 8.10. The van der Waals surface area contributed by atoms with Crippen molar-refractivity contribution in [2.75, 3.05) is 0 Å². The number of benzene rings is 5. The molecule has 1 aromatic heterocycles. The molecule has 0 spiro atoms. The van der Waals surface area contributed by atoms with Gasteiger partial charge in [0.2, 0.25) is 0 Å². The van der Waals surface area contributed by atoms with Crippen LogP contribution in [0.2, 0.25) is 0 Å². The third-order valence-electron chi connectivity index (χ3n) is 8.10. The van der Waals surface area contributed by atoms with Crippen molar-refractivity contribution in [3.8, 4) is 11.3 Å². The molecular formula is C41H42HfN2. The van der Waals surface area contributed by atoms with Gasteiger partial charge in [-0.3, -0.25) is 0 Å². The van der Waals surface area contributed by atoms with E-state index in [1.165, 1.54) is 32.8 Å². The molecule has 0 saturated carbocycles. The standard InChI is InChI=1S/C39H36N2.2CH3.Hf/c1-26(2)30-20-12-21-31(27(3)4)38(30)40-39(35-23-11-17-29-15-7-9-19-33(29)35)37-25-13-24-36(41(37)5)34-22-10-16-28-14-6-8-18-32(28)34;;;/h6-21,23-27,39H,5H2,1-4H3;2*1H3;/q-2;2*-1;+4. The molecule has 0 saturated heterocycles. The van der Waals surface area contributed by atoms with E-state index in [-0.39, 0.29) is 46.7 Å². The molecular weight excluding hydrogens is 699 g/mol. The van der Waals surface area contributed by atoms with E-state index in [0.29, 0.717) is 11.8 Å². The largest absolute Gasteiger partial charge is 4.00 e. The average molecular weight is 741 g/mol. The molecule has 0 bridgehead atoms. The van der Waals surface area contributed by atoms with Crippen molar-refractivity contribution in [3.63, 3.8) is 0 Å². The molecule has 0 N–H and O–H groups in total. The van der Waals surface area contributed by atoms with Crippen LogP contribution < -0.4 is 4.57 Å². The maximum Gasteiger partial charge on any atom is 4.00 e.